The lowest BCUT2D eigenvalue weighted by Gasteiger charge is -2.37. The lowest BCUT2D eigenvalue weighted by Crippen LogP contribution is -2.41. The Hall–Kier alpha value is -1.05. The fourth-order valence-corrected chi connectivity index (χ4v) is 2.42. The molecule has 0 saturated heterocycles. The molecular formula is C17H30O3Si. The molecule has 0 aliphatic carbocycles. The van der Waals surface area contributed by atoms with Gasteiger partial charge in [0.05, 0.1) is 6.61 Å². The van der Waals surface area contributed by atoms with Gasteiger partial charge < -0.3 is 9.16 Å². The Kier molecular flexibility index (Phi) is 8.61. The van der Waals surface area contributed by atoms with E-state index in [1.165, 1.54) is 0 Å². The minimum Gasteiger partial charge on any atom is -0.456 e. The van der Waals surface area contributed by atoms with Crippen LogP contribution in [0.15, 0.2) is 12.7 Å². The molecule has 0 aromatic heterocycles. The van der Waals surface area contributed by atoms with Crippen molar-refractivity contribution in [2.45, 2.75) is 58.7 Å². The van der Waals surface area contributed by atoms with Gasteiger partial charge in [-0.2, -0.15) is 0 Å². The monoisotopic (exact) mass is 310 g/mol. The van der Waals surface area contributed by atoms with Gasteiger partial charge in [-0.1, -0.05) is 32.8 Å². The summed E-state index contributed by atoms with van der Waals surface area (Å²) in [5.41, 5.74) is 0. The fourth-order valence-electron chi connectivity index (χ4n) is 1.36. The van der Waals surface area contributed by atoms with Gasteiger partial charge in [0, 0.05) is 18.9 Å². The molecule has 0 aliphatic heterocycles. The van der Waals surface area contributed by atoms with Crippen molar-refractivity contribution in [1.29, 1.82) is 0 Å². The van der Waals surface area contributed by atoms with E-state index >= 15 is 0 Å². The molecule has 0 unspecified atom stereocenters. The third kappa shape index (κ3) is 8.08. The summed E-state index contributed by atoms with van der Waals surface area (Å²) in [6.07, 6.45) is 3.42. The van der Waals surface area contributed by atoms with Crippen molar-refractivity contribution in [2.24, 2.45) is 5.92 Å². The molecule has 0 aromatic carbocycles. The number of esters is 1. The Morgan fingerprint density at radius 2 is 2.00 bits per heavy atom. The van der Waals surface area contributed by atoms with Crippen LogP contribution < -0.4 is 0 Å². The number of hydrogen-bond donors (Lipinski definition) is 0. The van der Waals surface area contributed by atoms with E-state index in [0.717, 1.165) is 6.42 Å². The van der Waals surface area contributed by atoms with Gasteiger partial charge in [0.2, 0.25) is 0 Å². The Balaban J connectivity index is 4.25. The van der Waals surface area contributed by atoms with Gasteiger partial charge in [-0.15, -0.1) is 6.58 Å². The third-order valence-corrected chi connectivity index (χ3v) is 8.40. The summed E-state index contributed by atoms with van der Waals surface area (Å²) in [6.45, 7) is 17.9. The molecule has 0 aromatic rings. The van der Waals surface area contributed by atoms with Crippen molar-refractivity contribution in [3.8, 4) is 11.8 Å². The van der Waals surface area contributed by atoms with Crippen LogP contribution in [0.25, 0.3) is 0 Å². The molecule has 0 aliphatic rings. The van der Waals surface area contributed by atoms with Crippen molar-refractivity contribution in [1.82, 2.24) is 0 Å². The van der Waals surface area contributed by atoms with Crippen molar-refractivity contribution in [2.75, 3.05) is 13.2 Å². The topological polar surface area (TPSA) is 35.5 Å². The first-order chi connectivity index (χ1) is 9.64. The van der Waals surface area contributed by atoms with Crippen LogP contribution >= 0.6 is 0 Å². The Morgan fingerprint density at radius 3 is 2.48 bits per heavy atom. The van der Waals surface area contributed by atoms with Gasteiger partial charge in [0.15, 0.2) is 8.32 Å². The molecule has 0 heterocycles. The summed E-state index contributed by atoms with van der Waals surface area (Å²) < 4.78 is 10.9. The molecule has 0 amide bonds. The molecule has 120 valence electrons. The average molecular weight is 311 g/mol. The molecule has 1 atom stereocenters. The minimum atomic E-state index is -1.72. The van der Waals surface area contributed by atoms with Crippen molar-refractivity contribution < 1.29 is 14.0 Å². The van der Waals surface area contributed by atoms with E-state index < -0.39 is 14.3 Å². The van der Waals surface area contributed by atoms with Crippen LogP contribution in [0, 0.1) is 17.8 Å². The molecule has 0 rings (SSSR count). The summed E-state index contributed by atoms with van der Waals surface area (Å²) in [4.78, 5) is 11.1. The van der Waals surface area contributed by atoms with E-state index in [2.05, 4.69) is 52.3 Å². The summed E-state index contributed by atoms with van der Waals surface area (Å²) in [7, 11) is -1.72. The molecule has 21 heavy (non-hydrogen) atoms. The quantitative estimate of drug-likeness (QED) is 0.233. The number of hydrogen-bond acceptors (Lipinski definition) is 3. The third-order valence-electron chi connectivity index (χ3n) is 3.90. The first kappa shape index (κ1) is 19.9. The van der Waals surface area contributed by atoms with Crippen LogP contribution in [-0.4, -0.2) is 27.5 Å². The lowest BCUT2D eigenvalue weighted by atomic mass is 10.1. The first-order valence-corrected chi connectivity index (χ1v) is 10.5. The minimum absolute atomic E-state index is 0.211. The van der Waals surface area contributed by atoms with Gasteiger partial charge in [0.25, 0.3) is 0 Å². The van der Waals surface area contributed by atoms with E-state index in [1.807, 2.05) is 6.08 Å². The summed E-state index contributed by atoms with van der Waals surface area (Å²) in [6, 6.07) is 0. The molecule has 3 nitrogen and oxygen atoms in total. The zero-order chi connectivity index (χ0) is 16.5. The highest BCUT2D eigenvalue weighted by Crippen LogP contribution is 2.36. The van der Waals surface area contributed by atoms with E-state index in [-0.39, 0.29) is 11.0 Å². The molecular weight excluding hydrogens is 280 g/mol. The highest BCUT2D eigenvalue weighted by atomic mass is 28.4. The van der Waals surface area contributed by atoms with Crippen LogP contribution in [-0.2, 0) is 14.0 Å². The second kappa shape index (κ2) is 9.06. The number of ether oxygens (including phenoxy) is 1. The number of carbonyl (C=O) groups is 1. The highest BCUT2D eigenvalue weighted by Gasteiger charge is 2.37. The number of rotatable bonds is 7. The Morgan fingerprint density at radius 1 is 1.38 bits per heavy atom. The Labute approximate surface area is 131 Å². The fraction of sp³-hybridized carbons (Fsp3) is 0.706. The van der Waals surface area contributed by atoms with Gasteiger partial charge in [0.1, 0.15) is 0 Å². The molecule has 4 heteroatoms. The Bertz CT molecular complexity index is 396. The normalized spacial score (nSPS) is 13.0. The predicted octanol–water partition coefficient (Wildman–Crippen LogP) is 4.16. The maximum absolute atomic E-state index is 11.1. The second-order valence-corrected chi connectivity index (χ2v) is 11.4. The molecule has 0 radical (unpaired) electrons. The summed E-state index contributed by atoms with van der Waals surface area (Å²) >= 11 is 0. The smallest absolute Gasteiger partial charge is 0.384 e. The zero-order valence-electron chi connectivity index (χ0n) is 14.4. The average Bonchev–Trinajstić information content (AvgIpc) is 2.37. The van der Waals surface area contributed by atoms with Crippen LogP contribution in [0.4, 0.5) is 0 Å². The van der Waals surface area contributed by atoms with Gasteiger partial charge >= 0.3 is 5.97 Å². The highest BCUT2D eigenvalue weighted by molar-refractivity contribution is 6.74. The van der Waals surface area contributed by atoms with E-state index in [1.54, 1.807) is 6.92 Å². The second-order valence-electron chi connectivity index (χ2n) is 6.63. The van der Waals surface area contributed by atoms with Gasteiger partial charge in [-0.3, -0.25) is 0 Å². The van der Waals surface area contributed by atoms with Crippen LogP contribution in [0.1, 0.15) is 40.5 Å². The van der Waals surface area contributed by atoms with Gasteiger partial charge in [-0.25, -0.2) is 4.79 Å². The maximum Gasteiger partial charge on any atom is 0.384 e. The molecule has 0 bridgehead atoms. The SMILES string of the molecule is C=C[C@H](CCC#CC(=O)OCC)CO[Si](C)(C)C(C)(C)C. The van der Waals surface area contributed by atoms with E-state index in [4.69, 9.17) is 9.16 Å². The van der Waals surface area contributed by atoms with Crippen LogP contribution in [0.3, 0.4) is 0 Å². The molecule has 0 fully saturated rings. The standard InChI is InChI=1S/C17H30O3Si/c1-8-15(12-10-11-13-16(18)19-9-2)14-20-21(6,7)17(3,4)5/h8,15H,1,9-10,12,14H2,2-7H3/t15-/m1/s1. The first-order valence-electron chi connectivity index (χ1n) is 7.56. The lowest BCUT2D eigenvalue weighted by molar-refractivity contribution is -0.136. The van der Waals surface area contributed by atoms with E-state index in [9.17, 15) is 4.79 Å². The van der Waals surface area contributed by atoms with E-state index in [0.29, 0.717) is 19.6 Å². The molecule has 0 N–H and O–H groups in total. The van der Waals surface area contributed by atoms with Crippen molar-refractivity contribution >= 4 is 14.3 Å². The van der Waals surface area contributed by atoms with Crippen molar-refractivity contribution in [3.63, 3.8) is 0 Å². The zero-order valence-corrected chi connectivity index (χ0v) is 15.4. The summed E-state index contributed by atoms with van der Waals surface area (Å²) in [5, 5.41) is 0.211. The molecule has 0 spiro atoms. The van der Waals surface area contributed by atoms with Crippen molar-refractivity contribution in [3.05, 3.63) is 12.7 Å². The molecule has 0 saturated carbocycles. The predicted molar refractivity (Wildman–Crippen MR) is 90.5 cm³/mol. The maximum atomic E-state index is 11.1. The number of carbonyl (C=O) groups excluding carboxylic acids is 1. The van der Waals surface area contributed by atoms with Gasteiger partial charge in [-0.05, 0) is 37.4 Å². The summed E-state index contributed by atoms with van der Waals surface area (Å²) in [5.74, 6) is 5.15. The van der Waals surface area contributed by atoms with Crippen LogP contribution in [0.2, 0.25) is 18.1 Å². The van der Waals surface area contributed by atoms with Crippen LogP contribution in [0.5, 0.6) is 0 Å². The largest absolute Gasteiger partial charge is 0.456 e.